The average Bonchev–Trinajstić information content (AvgIpc) is 2.56. The van der Waals surface area contributed by atoms with E-state index in [1.165, 1.54) is 5.56 Å². The Morgan fingerprint density at radius 2 is 2.05 bits per heavy atom. The van der Waals surface area contributed by atoms with Crippen LogP contribution < -0.4 is 10.1 Å². The van der Waals surface area contributed by atoms with Crippen molar-refractivity contribution in [3.63, 3.8) is 0 Å². The Balaban J connectivity index is 1.96. The number of methoxy groups -OCH3 is 1. The third kappa shape index (κ3) is 4.34. The zero-order valence-corrected chi connectivity index (χ0v) is 13.7. The molecule has 0 radical (unpaired) electrons. The number of nitrogens with one attached hydrogen (secondary N) is 1. The summed E-state index contributed by atoms with van der Waals surface area (Å²) in [5.41, 5.74) is 1.18. The summed E-state index contributed by atoms with van der Waals surface area (Å²) < 4.78 is 5.20. The SMILES string of the molecule is COc1ccc([C@@H](CNC(=O)[C@H]2CC=CCC2)N(C)C)cc1. The van der Waals surface area contributed by atoms with E-state index < -0.39 is 0 Å². The minimum atomic E-state index is 0.128. The molecule has 4 nitrogen and oxygen atoms in total. The number of carbonyl (C=O) groups excluding carboxylic acids is 1. The van der Waals surface area contributed by atoms with Gasteiger partial charge >= 0.3 is 0 Å². The lowest BCUT2D eigenvalue weighted by atomic mass is 9.93. The van der Waals surface area contributed by atoms with Crippen molar-refractivity contribution in [1.29, 1.82) is 0 Å². The highest BCUT2D eigenvalue weighted by Gasteiger charge is 2.21. The first kappa shape index (κ1) is 16.6. The molecule has 1 aromatic carbocycles. The van der Waals surface area contributed by atoms with Crippen LogP contribution in [0.15, 0.2) is 36.4 Å². The molecular formula is C18H26N2O2. The van der Waals surface area contributed by atoms with E-state index in [4.69, 9.17) is 4.74 Å². The molecule has 0 saturated heterocycles. The van der Waals surface area contributed by atoms with Gasteiger partial charge in [0.05, 0.1) is 13.2 Å². The van der Waals surface area contributed by atoms with E-state index in [0.717, 1.165) is 25.0 Å². The van der Waals surface area contributed by atoms with E-state index >= 15 is 0 Å². The Morgan fingerprint density at radius 1 is 1.32 bits per heavy atom. The second-order valence-electron chi connectivity index (χ2n) is 5.98. The van der Waals surface area contributed by atoms with Crippen LogP contribution in [-0.4, -0.2) is 38.6 Å². The summed E-state index contributed by atoms with van der Waals surface area (Å²) in [5, 5.41) is 3.12. The number of nitrogens with zero attached hydrogens (tertiary/aromatic N) is 1. The molecule has 1 N–H and O–H groups in total. The number of hydrogen-bond donors (Lipinski definition) is 1. The van der Waals surface area contributed by atoms with Crippen molar-refractivity contribution in [1.82, 2.24) is 10.2 Å². The van der Waals surface area contributed by atoms with Gasteiger partial charge in [-0.15, -0.1) is 0 Å². The maximum absolute atomic E-state index is 12.3. The van der Waals surface area contributed by atoms with Gasteiger partial charge in [-0.25, -0.2) is 0 Å². The molecule has 1 aromatic rings. The topological polar surface area (TPSA) is 41.6 Å². The van der Waals surface area contributed by atoms with Crippen LogP contribution >= 0.6 is 0 Å². The van der Waals surface area contributed by atoms with Crippen LogP contribution in [0.25, 0.3) is 0 Å². The number of hydrogen-bond acceptors (Lipinski definition) is 3. The third-order valence-electron chi connectivity index (χ3n) is 4.23. The van der Waals surface area contributed by atoms with E-state index in [1.807, 2.05) is 26.2 Å². The number of carbonyl (C=O) groups is 1. The largest absolute Gasteiger partial charge is 0.497 e. The lowest BCUT2D eigenvalue weighted by molar-refractivity contribution is -0.125. The summed E-state index contributed by atoms with van der Waals surface area (Å²) in [7, 11) is 5.73. The predicted molar refractivity (Wildman–Crippen MR) is 88.9 cm³/mol. The first-order valence-electron chi connectivity index (χ1n) is 7.85. The highest BCUT2D eigenvalue weighted by molar-refractivity contribution is 5.79. The van der Waals surface area contributed by atoms with Gasteiger partial charge < -0.3 is 15.0 Å². The monoisotopic (exact) mass is 302 g/mol. The van der Waals surface area contributed by atoms with Gasteiger partial charge in [-0.1, -0.05) is 24.3 Å². The fourth-order valence-electron chi connectivity index (χ4n) is 2.80. The van der Waals surface area contributed by atoms with Crippen molar-refractivity contribution < 1.29 is 9.53 Å². The molecule has 4 heteroatoms. The summed E-state index contributed by atoms with van der Waals surface area (Å²) in [6.45, 7) is 0.623. The summed E-state index contributed by atoms with van der Waals surface area (Å²) in [6.07, 6.45) is 7.09. The van der Waals surface area contributed by atoms with E-state index in [9.17, 15) is 4.79 Å². The maximum Gasteiger partial charge on any atom is 0.223 e. The fourth-order valence-corrected chi connectivity index (χ4v) is 2.80. The highest BCUT2D eigenvalue weighted by Crippen LogP contribution is 2.22. The van der Waals surface area contributed by atoms with E-state index in [-0.39, 0.29) is 17.9 Å². The molecule has 22 heavy (non-hydrogen) atoms. The first-order valence-corrected chi connectivity index (χ1v) is 7.85. The van der Waals surface area contributed by atoms with E-state index in [1.54, 1.807) is 7.11 Å². The van der Waals surface area contributed by atoms with Gasteiger partial charge in [-0.3, -0.25) is 4.79 Å². The van der Waals surface area contributed by atoms with E-state index in [0.29, 0.717) is 6.54 Å². The van der Waals surface area contributed by atoms with Crippen LogP contribution in [0.5, 0.6) is 5.75 Å². The van der Waals surface area contributed by atoms with Crippen molar-refractivity contribution >= 4 is 5.91 Å². The predicted octanol–water partition coefficient (Wildman–Crippen LogP) is 2.77. The quantitative estimate of drug-likeness (QED) is 0.822. The molecule has 1 amide bonds. The number of likely N-dealkylation sites (N-methyl/N-ethyl adjacent to an activating group) is 1. The molecular weight excluding hydrogens is 276 g/mol. The summed E-state index contributed by atoms with van der Waals surface area (Å²) in [4.78, 5) is 14.4. The van der Waals surface area contributed by atoms with Crippen LogP contribution in [0.2, 0.25) is 0 Å². The van der Waals surface area contributed by atoms with Crippen molar-refractivity contribution in [3.05, 3.63) is 42.0 Å². The third-order valence-corrected chi connectivity index (χ3v) is 4.23. The van der Waals surface area contributed by atoms with Gasteiger partial charge in [-0.05, 0) is 51.1 Å². The summed E-state index contributed by atoms with van der Waals surface area (Å²) in [5.74, 6) is 1.15. The molecule has 0 spiro atoms. The van der Waals surface area contributed by atoms with Crippen LogP contribution in [0.1, 0.15) is 30.9 Å². The molecule has 2 atom stereocenters. The molecule has 0 fully saturated rings. The molecule has 0 bridgehead atoms. The zero-order chi connectivity index (χ0) is 15.9. The number of benzene rings is 1. The van der Waals surface area contributed by atoms with Crippen molar-refractivity contribution in [2.75, 3.05) is 27.7 Å². The second-order valence-corrected chi connectivity index (χ2v) is 5.98. The van der Waals surface area contributed by atoms with Gasteiger partial charge in [-0.2, -0.15) is 0 Å². The van der Waals surface area contributed by atoms with Crippen molar-refractivity contribution in [2.45, 2.75) is 25.3 Å². The maximum atomic E-state index is 12.3. The number of allylic oxidation sites excluding steroid dienone is 2. The fraction of sp³-hybridized carbons (Fsp3) is 0.500. The molecule has 0 aliphatic heterocycles. The molecule has 1 aliphatic rings. The summed E-state index contributed by atoms with van der Waals surface area (Å²) >= 11 is 0. The normalized spacial score (nSPS) is 19.0. The van der Waals surface area contributed by atoms with Crippen LogP contribution in [0, 0.1) is 5.92 Å². The zero-order valence-electron chi connectivity index (χ0n) is 13.7. The Morgan fingerprint density at radius 3 is 2.59 bits per heavy atom. The molecule has 0 aromatic heterocycles. The van der Waals surface area contributed by atoms with Crippen molar-refractivity contribution in [3.8, 4) is 5.75 Å². The highest BCUT2D eigenvalue weighted by atomic mass is 16.5. The van der Waals surface area contributed by atoms with Crippen LogP contribution in [0.4, 0.5) is 0 Å². The van der Waals surface area contributed by atoms with Gasteiger partial charge in [0.2, 0.25) is 5.91 Å². The molecule has 0 heterocycles. The molecule has 1 aliphatic carbocycles. The lowest BCUT2D eigenvalue weighted by Crippen LogP contribution is -2.38. The smallest absolute Gasteiger partial charge is 0.223 e. The van der Waals surface area contributed by atoms with Crippen molar-refractivity contribution in [2.24, 2.45) is 5.92 Å². The van der Waals surface area contributed by atoms with Gasteiger partial charge in [0.15, 0.2) is 0 Å². The van der Waals surface area contributed by atoms with E-state index in [2.05, 4.69) is 34.5 Å². The number of rotatable bonds is 6. The van der Waals surface area contributed by atoms with Gasteiger partial charge in [0, 0.05) is 12.5 Å². The first-order chi connectivity index (χ1) is 10.6. The minimum absolute atomic E-state index is 0.128. The second kappa shape index (κ2) is 7.99. The number of ether oxygens (including phenoxy) is 1. The standard InChI is InChI=1S/C18H26N2O2/c1-20(2)17(14-9-11-16(22-3)12-10-14)13-19-18(21)15-7-5-4-6-8-15/h4-5,9-12,15,17H,6-8,13H2,1-3H3,(H,19,21)/t15-,17+/m0/s1. The molecule has 120 valence electrons. The molecule has 0 unspecified atom stereocenters. The Kier molecular flexibility index (Phi) is 6.01. The molecule has 2 rings (SSSR count). The Hall–Kier alpha value is -1.81. The lowest BCUT2D eigenvalue weighted by Gasteiger charge is -2.26. The Bertz CT molecular complexity index is 508. The van der Waals surface area contributed by atoms with Crippen LogP contribution in [0.3, 0.4) is 0 Å². The Labute approximate surface area is 133 Å². The van der Waals surface area contributed by atoms with Gasteiger partial charge in [0.25, 0.3) is 0 Å². The molecule has 0 saturated carbocycles. The van der Waals surface area contributed by atoms with Crippen LogP contribution in [-0.2, 0) is 4.79 Å². The summed E-state index contributed by atoms with van der Waals surface area (Å²) in [6, 6.07) is 8.19. The van der Waals surface area contributed by atoms with Gasteiger partial charge in [0.1, 0.15) is 5.75 Å². The number of amides is 1. The average molecular weight is 302 g/mol. The minimum Gasteiger partial charge on any atom is -0.497 e.